The molecule has 0 aromatic rings. The van der Waals surface area contributed by atoms with E-state index in [4.69, 9.17) is 4.74 Å². The minimum atomic E-state index is -0.925. The fraction of sp³-hybridized carbons (Fsp3) is 0.800. The first-order chi connectivity index (χ1) is 11.1. The predicted octanol–water partition coefficient (Wildman–Crippen LogP) is 3.03. The lowest BCUT2D eigenvalue weighted by atomic mass is 9.45. The van der Waals surface area contributed by atoms with Crippen LogP contribution in [0.3, 0.4) is 0 Å². The van der Waals surface area contributed by atoms with E-state index in [2.05, 4.69) is 6.92 Å². The van der Waals surface area contributed by atoms with Gasteiger partial charge in [0, 0.05) is 11.5 Å². The van der Waals surface area contributed by atoms with Crippen molar-refractivity contribution >= 4 is 11.8 Å². The molecule has 0 spiro atoms. The van der Waals surface area contributed by atoms with Gasteiger partial charge in [0.15, 0.2) is 11.9 Å². The first-order valence-electron chi connectivity index (χ1n) is 9.34. The van der Waals surface area contributed by atoms with Gasteiger partial charge in [0.2, 0.25) is 0 Å². The highest BCUT2D eigenvalue weighted by molar-refractivity contribution is 6.04. The number of esters is 1. The minimum absolute atomic E-state index is 0.0221. The number of ether oxygens (including phenoxy) is 1. The summed E-state index contributed by atoms with van der Waals surface area (Å²) >= 11 is 0. The molecule has 1 N–H and O–H groups in total. The van der Waals surface area contributed by atoms with Crippen molar-refractivity contribution < 1.29 is 19.4 Å². The molecular weight excluding hydrogens is 304 g/mol. The van der Waals surface area contributed by atoms with E-state index in [9.17, 15) is 14.7 Å². The van der Waals surface area contributed by atoms with Gasteiger partial charge in [-0.2, -0.15) is 0 Å². The topological polar surface area (TPSA) is 63.6 Å². The van der Waals surface area contributed by atoms with Crippen molar-refractivity contribution in [2.75, 3.05) is 0 Å². The summed E-state index contributed by atoms with van der Waals surface area (Å²) in [5.41, 5.74) is -0.821. The molecule has 0 aromatic carbocycles. The van der Waals surface area contributed by atoms with Gasteiger partial charge >= 0.3 is 5.97 Å². The highest BCUT2D eigenvalue weighted by atomic mass is 16.6. The largest absolute Gasteiger partial charge is 0.453 e. The van der Waals surface area contributed by atoms with Crippen molar-refractivity contribution in [3.63, 3.8) is 0 Å². The van der Waals surface area contributed by atoms with Crippen LogP contribution in [0.2, 0.25) is 0 Å². The SMILES string of the molecule is CC(C)[C@]1(O)C=C2C(=O)[C@H]3OC(=O)[C@@]4(C)CCC[C@](C)([C@@H]2CC1)[C@H]34. The van der Waals surface area contributed by atoms with E-state index in [1.54, 1.807) is 0 Å². The summed E-state index contributed by atoms with van der Waals surface area (Å²) in [6.45, 7) is 8.21. The zero-order valence-corrected chi connectivity index (χ0v) is 15.1. The number of Topliss-reactive ketones (excluding diaryl/α,β-unsaturated/α-hetero) is 1. The van der Waals surface area contributed by atoms with Crippen LogP contribution < -0.4 is 0 Å². The predicted molar refractivity (Wildman–Crippen MR) is 89.0 cm³/mol. The lowest BCUT2D eigenvalue weighted by molar-refractivity contribution is -0.151. The Kier molecular flexibility index (Phi) is 3.21. The van der Waals surface area contributed by atoms with Gasteiger partial charge in [-0.3, -0.25) is 9.59 Å². The summed E-state index contributed by atoms with van der Waals surface area (Å²) in [6, 6.07) is 0. The van der Waals surface area contributed by atoms with Crippen molar-refractivity contribution in [1.29, 1.82) is 0 Å². The molecule has 2 saturated carbocycles. The molecule has 0 radical (unpaired) electrons. The molecular formula is C20H28O4. The number of aliphatic hydroxyl groups is 1. The summed E-state index contributed by atoms with van der Waals surface area (Å²) in [5.74, 6) is -0.0760. The molecule has 0 unspecified atom stereocenters. The molecule has 0 aromatic heterocycles. The Morgan fingerprint density at radius 3 is 2.58 bits per heavy atom. The number of ketones is 1. The number of carbonyl (C=O) groups is 2. The Morgan fingerprint density at radius 1 is 1.21 bits per heavy atom. The zero-order chi connectivity index (χ0) is 17.5. The standard InChI is InChI=1S/C20H28O4/c1-11(2)20(23)9-6-13-12(10-20)14(21)15-16-18(13,3)7-5-8-19(16,4)17(22)24-15/h10-11,13,15-16,23H,5-9H2,1-4H3/t13-,15-,16+,18-,19+,20-/m1/s1. The zero-order valence-electron chi connectivity index (χ0n) is 15.1. The fourth-order valence-electron chi connectivity index (χ4n) is 6.22. The van der Waals surface area contributed by atoms with E-state index in [0.29, 0.717) is 6.42 Å². The number of carbonyl (C=O) groups excluding carboxylic acids is 2. The van der Waals surface area contributed by atoms with E-state index < -0.39 is 17.1 Å². The van der Waals surface area contributed by atoms with Gasteiger partial charge in [0.1, 0.15) is 0 Å². The van der Waals surface area contributed by atoms with E-state index in [1.807, 2.05) is 26.8 Å². The highest BCUT2D eigenvalue weighted by Crippen LogP contribution is 2.66. The lowest BCUT2D eigenvalue weighted by Gasteiger charge is -2.56. The summed E-state index contributed by atoms with van der Waals surface area (Å²) in [6.07, 6.45) is 5.50. The Bertz CT molecular complexity index is 650. The minimum Gasteiger partial charge on any atom is -0.453 e. The molecule has 6 atom stereocenters. The molecule has 0 amide bonds. The monoisotopic (exact) mass is 332 g/mol. The smallest absolute Gasteiger partial charge is 0.312 e. The number of hydrogen-bond donors (Lipinski definition) is 1. The van der Waals surface area contributed by atoms with Crippen molar-refractivity contribution in [2.45, 2.75) is 71.5 Å². The van der Waals surface area contributed by atoms with Gasteiger partial charge in [0.25, 0.3) is 0 Å². The second-order valence-corrected chi connectivity index (χ2v) is 9.28. The molecule has 1 heterocycles. The van der Waals surface area contributed by atoms with Gasteiger partial charge in [-0.1, -0.05) is 27.2 Å². The average Bonchev–Trinajstić information content (AvgIpc) is 2.78. The third-order valence-electron chi connectivity index (χ3n) is 7.76. The van der Waals surface area contributed by atoms with Gasteiger partial charge in [-0.25, -0.2) is 0 Å². The third-order valence-corrected chi connectivity index (χ3v) is 7.76. The van der Waals surface area contributed by atoms with Crippen LogP contribution in [-0.2, 0) is 14.3 Å². The maximum absolute atomic E-state index is 13.2. The molecule has 1 aliphatic heterocycles. The fourth-order valence-corrected chi connectivity index (χ4v) is 6.22. The first kappa shape index (κ1) is 16.3. The molecule has 4 heteroatoms. The van der Waals surface area contributed by atoms with Crippen LogP contribution in [0.15, 0.2) is 11.6 Å². The van der Waals surface area contributed by atoms with Crippen molar-refractivity contribution in [1.82, 2.24) is 0 Å². The van der Waals surface area contributed by atoms with Crippen LogP contribution in [0.4, 0.5) is 0 Å². The van der Waals surface area contributed by atoms with Crippen LogP contribution in [0.1, 0.15) is 59.8 Å². The number of fused-ring (bicyclic) bond motifs is 2. The Balaban J connectivity index is 1.85. The van der Waals surface area contributed by atoms with Crippen LogP contribution in [0, 0.1) is 28.6 Å². The Labute approximate surface area is 143 Å². The molecule has 3 aliphatic carbocycles. The molecule has 1 saturated heterocycles. The van der Waals surface area contributed by atoms with Gasteiger partial charge in [0.05, 0.1) is 11.0 Å². The third kappa shape index (κ3) is 1.78. The molecule has 132 valence electrons. The molecule has 0 bridgehead atoms. The molecule has 4 rings (SSSR count). The van der Waals surface area contributed by atoms with Crippen molar-refractivity contribution in [3.8, 4) is 0 Å². The number of rotatable bonds is 1. The molecule has 4 aliphatic rings. The van der Waals surface area contributed by atoms with Crippen LogP contribution in [0.25, 0.3) is 0 Å². The molecule has 4 nitrogen and oxygen atoms in total. The maximum Gasteiger partial charge on any atom is 0.312 e. The van der Waals surface area contributed by atoms with E-state index >= 15 is 0 Å². The maximum atomic E-state index is 13.2. The van der Waals surface area contributed by atoms with Gasteiger partial charge in [-0.15, -0.1) is 0 Å². The second-order valence-electron chi connectivity index (χ2n) is 9.28. The van der Waals surface area contributed by atoms with Crippen LogP contribution in [-0.4, -0.2) is 28.6 Å². The summed E-state index contributed by atoms with van der Waals surface area (Å²) in [4.78, 5) is 25.7. The Hall–Kier alpha value is -1.16. The molecule has 3 fully saturated rings. The quantitative estimate of drug-likeness (QED) is 0.750. The van der Waals surface area contributed by atoms with Gasteiger partial charge in [-0.05, 0) is 55.9 Å². The highest BCUT2D eigenvalue weighted by Gasteiger charge is 2.69. The normalized spacial score (nSPS) is 50.2. The van der Waals surface area contributed by atoms with Crippen LogP contribution in [0.5, 0.6) is 0 Å². The van der Waals surface area contributed by atoms with Crippen molar-refractivity contribution in [2.24, 2.45) is 28.6 Å². The van der Waals surface area contributed by atoms with Crippen molar-refractivity contribution in [3.05, 3.63) is 11.6 Å². The van der Waals surface area contributed by atoms with E-state index in [-0.39, 0.29) is 34.9 Å². The summed E-state index contributed by atoms with van der Waals surface area (Å²) < 4.78 is 5.63. The number of hydrogen-bond acceptors (Lipinski definition) is 4. The van der Waals surface area contributed by atoms with Crippen LogP contribution >= 0.6 is 0 Å². The first-order valence-corrected chi connectivity index (χ1v) is 9.34. The Morgan fingerprint density at radius 2 is 1.92 bits per heavy atom. The average molecular weight is 332 g/mol. The second kappa shape index (κ2) is 4.72. The van der Waals surface area contributed by atoms with E-state index in [1.165, 1.54) is 0 Å². The summed E-state index contributed by atoms with van der Waals surface area (Å²) in [7, 11) is 0. The lowest BCUT2D eigenvalue weighted by Crippen LogP contribution is -2.58. The van der Waals surface area contributed by atoms with E-state index in [0.717, 1.165) is 31.3 Å². The molecule has 24 heavy (non-hydrogen) atoms. The van der Waals surface area contributed by atoms with Gasteiger partial charge < -0.3 is 9.84 Å². The summed E-state index contributed by atoms with van der Waals surface area (Å²) in [5, 5.41) is 10.9.